The Morgan fingerprint density at radius 2 is 2.56 bits per heavy atom. The van der Waals surface area contributed by atoms with Crippen LogP contribution in [0.1, 0.15) is 5.82 Å². The molecule has 0 bridgehead atoms. The van der Waals surface area contributed by atoms with Gasteiger partial charge in [0, 0.05) is 15.9 Å². The second-order valence-electron chi connectivity index (χ2n) is 1.40. The minimum absolute atomic E-state index is 0.451. The first kappa shape index (κ1) is 7.08. The number of thioether (sulfide) groups is 1. The van der Waals surface area contributed by atoms with Gasteiger partial charge in [-0.2, -0.15) is 16.7 Å². The van der Waals surface area contributed by atoms with Gasteiger partial charge < -0.3 is 4.52 Å². The van der Waals surface area contributed by atoms with Crippen molar-refractivity contribution in [1.29, 1.82) is 0 Å². The van der Waals surface area contributed by atoms with Crippen LogP contribution in [-0.2, 0) is 5.75 Å². The molecule has 0 aliphatic carbocycles. The Kier molecular flexibility index (Phi) is 2.53. The van der Waals surface area contributed by atoms with Gasteiger partial charge in [-0.15, -0.1) is 0 Å². The highest BCUT2D eigenvalue weighted by Gasteiger charge is 1.99. The van der Waals surface area contributed by atoms with Crippen molar-refractivity contribution in [2.45, 2.75) is 5.75 Å². The highest BCUT2D eigenvalue weighted by Crippen LogP contribution is 2.08. The summed E-state index contributed by atoms with van der Waals surface area (Å²) >= 11 is 4.71. The molecule has 0 saturated carbocycles. The average molecular weight is 209 g/mol. The maximum atomic E-state index is 4.66. The normalized spacial score (nSPS) is 10.0. The lowest BCUT2D eigenvalue weighted by Gasteiger charge is -1.81. The maximum Gasteiger partial charge on any atom is 0.293 e. The van der Waals surface area contributed by atoms with Crippen molar-refractivity contribution in [2.75, 3.05) is 6.26 Å². The van der Waals surface area contributed by atoms with Gasteiger partial charge in [0.25, 0.3) is 4.80 Å². The van der Waals surface area contributed by atoms with Gasteiger partial charge in [0.2, 0.25) is 0 Å². The van der Waals surface area contributed by atoms with E-state index in [4.69, 9.17) is 0 Å². The Labute approximate surface area is 65.3 Å². The molecule has 0 aromatic carbocycles. The van der Waals surface area contributed by atoms with E-state index >= 15 is 0 Å². The molecule has 50 valence electrons. The molecule has 0 aliphatic rings. The van der Waals surface area contributed by atoms with Crippen molar-refractivity contribution in [3.8, 4) is 0 Å². The van der Waals surface area contributed by atoms with Crippen LogP contribution in [0.5, 0.6) is 0 Å². The second kappa shape index (κ2) is 3.22. The van der Waals surface area contributed by atoms with Gasteiger partial charge in [0.1, 0.15) is 0 Å². The van der Waals surface area contributed by atoms with E-state index in [0.29, 0.717) is 4.80 Å². The van der Waals surface area contributed by atoms with Crippen molar-refractivity contribution in [3.05, 3.63) is 10.6 Å². The summed E-state index contributed by atoms with van der Waals surface area (Å²) in [5.41, 5.74) is 0. The van der Waals surface area contributed by atoms with Crippen molar-refractivity contribution in [3.63, 3.8) is 0 Å². The van der Waals surface area contributed by atoms with E-state index < -0.39 is 0 Å². The molecule has 0 N–H and O–H groups in total. The summed E-state index contributed by atoms with van der Waals surface area (Å²) in [6.07, 6.45) is 1.99. The highest BCUT2D eigenvalue weighted by atomic mass is 79.9. The lowest BCUT2D eigenvalue weighted by atomic mass is 10.7. The average Bonchev–Trinajstić information content (AvgIpc) is 2.17. The van der Waals surface area contributed by atoms with Crippen LogP contribution < -0.4 is 0 Å². The second-order valence-corrected chi connectivity index (χ2v) is 2.94. The molecule has 5 heteroatoms. The Morgan fingerprint density at radius 3 is 3.00 bits per heavy atom. The van der Waals surface area contributed by atoms with Gasteiger partial charge in [0.05, 0.1) is 5.75 Å². The van der Waals surface area contributed by atoms with Crippen LogP contribution in [0.2, 0.25) is 0 Å². The van der Waals surface area contributed by atoms with E-state index in [-0.39, 0.29) is 0 Å². The summed E-state index contributed by atoms with van der Waals surface area (Å²) in [5.74, 6) is 1.53. The molecular formula is C4H5BrN2OS. The first-order valence-corrected chi connectivity index (χ1v) is 4.48. The molecule has 1 rings (SSSR count). The predicted octanol–water partition coefficient (Wildman–Crippen LogP) is 1.70. The van der Waals surface area contributed by atoms with Gasteiger partial charge in [-0.25, -0.2) is 0 Å². The fourth-order valence-corrected chi connectivity index (χ4v) is 1.07. The van der Waals surface area contributed by atoms with Crippen LogP contribution in [-0.4, -0.2) is 16.4 Å². The highest BCUT2D eigenvalue weighted by molar-refractivity contribution is 9.10. The SMILES string of the molecule is CSCc1noc(Br)n1. The van der Waals surface area contributed by atoms with Crippen molar-refractivity contribution < 1.29 is 4.52 Å². The van der Waals surface area contributed by atoms with E-state index in [1.54, 1.807) is 11.8 Å². The van der Waals surface area contributed by atoms with Gasteiger partial charge >= 0.3 is 0 Å². The third-order valence-electron chi connectivity index (χ3n) is 0.717. The topological polar surface area (TPSA) is 38.9 Å². The zero-order valence-electron chi connectivity index (χ0n) is 4.80. The van der Waals surface area contributed by atoms with Gasteiger partial charge in [-0.1, -0.05) is 5.16 Å². The van der Waals surface area contributed by atoms with Crippen molar-refractivity contribution >= 4 is 27.7 Å². The number of nitrogens with zero attached hydrogens (tertiary/aromatic N) is 2. The summed E-state index contributed by atoms with van der Waals surface area (Å²) < 4.78 is 4.66. The molecule has 1 heterocycles. The summed E-state index contributed by atoms with van der Waals surface area (Å²) in [4.78, 5) is 4.37. The summed E-state index contributed by atoms with van der Waals surface area (Å²) in [6.45, 7) is 0. The van der Waals surface area contributed by atoms with E-state index in [1.165, 1.54) is 0 Å². The van der Waals surface area contributed by atoms with Gasteiger partial charge in [0.15, 0.2) is 5.82 Å². The van der Waals surface area contributed by atoms with E-state index in [1.807, 2.05) is 6.26 Å². The number of hydrogen-bond donors (Lipinski definition) is 0. The Balaban J connectivity index is 2.61. The minimum Gasteiger partial charge on any atom is -0.327 e. The van der Waals surface area contributed by atoms with Crippen LogP contribution in [0.3, 0.4) is 0 Å². The fourth-order valence-electron chi connectivity index (χ4n) is 0.420. The number of halogens is 1. The quantitative estimate of drug-likeness (QED) is 0.742. The Bertz CT molecular complexity index is 190. The Morgan fingerprint density at radius 1 is 1.78 bits per heavy atom. The monoisotopic (exact) mass is 208 g/mol. The lowest BCUT2D eigenvalue weighted by molar-refractivity contribution is 0.392. The molecule has 0 radical (unpaired) electrons. The molecule has 0 amide bonds. The van der Waals surface area contributed by atoms with Crippen LogP contribution in [0.25, 0.3) is 0 Å². The summed E-state index contributed by atoms with van der Waals surface area (Å²) in [7, 11) is 0. The lowest BCUT2D eigenvalue weighted by Crippen LogP contribution is -1.80. The molecule has 1 aromatic rings. The molecule has 0 aliphatic heterocycles. The smallest absolute Gasteiger partial charge is 0.293 e. The van der Waals surface area contributed by atoms with Gasteiger partial charge in [-0.3, -0.25) is 0 Å². The van der Waals surface area contributed by atoms with Gasteiger partial charge in [-0.05, 0) is 6.26 Å². The predicted molar refractivity (Wildman–Crippen MR) is 39.2 cm³/mol. The molecule has 0 spiro atoms. The third kappa shape index (κ3) is 1.98. The molecule has 9 heavy (non-hydrogen) atoms. The Hall–Kier alpha value is -0.0300. The first-order valence-electron chi connectivity index (χ1n) is 2.30. The first-order chi connectivity index (χ1) is 4.33. The van der Waals surface area contributed by atoms with E-state index in [9.17, 15) is 0 Å². The van der Waals surface area contributed by atoms with E-state index in [0.717, 1.165) is 11.6 Å². The minimum atomic E-state index is 0.451. The molecule has 0 fully saturated rings. The zero-order valence-corrected chi connectivity index (χ0v) is 7.20. The van der Waals surface area contributed by atoms with E-state index in [2.05, 4.69) is 30.6 Å². The van der Waals surface area contributed by atoms with Crippen LogP contribution >= 0.6 is 27.7 Å². The molecule has 1 aromatic heterocycles. The number of rotatable bonds is 2. The van der Waals surface area contributed by atoms with Crippen LogP contribution in [0, 0.1) is 0 Å². The molecular weight excluding hydrogens is 204 g/mol. The number of aromatic nitrogens is 2. The standard InChI is InChI=1S/C4H5BrN2OS/c1-9-2-3-6-4(5)8-7-3/h2H2,1H3. The largest absolute Gasteiger partial charge is 0.327 e. The molecule has 3 nitrogen and oxygen atoms in total. The van der Waals surface area contributed by atoms with Crippen molar-refractivity contribution in [1.82, 2.24) is 10.1 Å². The molecule has 0 saturated heterocycles. The van der Waals surface area contributed by atoms with Crippen molar-refractivity contribution in [2.24, 2.45) is 0 Å². The fraction of sp³-hybridized carbons (Fsp3) is 0.500. The zero-order chi connectivity index (χ0) is 6.69. The van der Waals surface area contributed by atoms with Crippen LogP contribution in [0.15, 0.2) is 9.32 Å². The summed E-state index contributed by atoms with van der Waals surface area (Å²) in [6, 6.07) is 0. The molecule has 0 atom stereocenters. The molecule has 0 unspecified atom stereocenters. The van der Waals surface area contributed by atoms with Crippen LogP contribution in [0.4, 0.5) is 0 Å². The third-order valence-corrected chi connectivity index (χ3v) is 1.59. The number of hydrogen-bond acceptors (Lipinski definition) is 4. The summed E-state index contributed by atoms with van der Waals surface area (Å²) in [5, 5.41) is 3.65. The maximum absolute atomic E-state index is 4.66.